The molecule has 0 aromatic heterocycles. The van der Waals surface area contributed by atoms with Gasteiger partial charge in [-0.3, -0.25) is 14.9 Å². The van der Waals surface area contributed by atoms with Crippen LogP contribution in [0.4, 0.5) is 11.4 Å². The number of carbonyl (C=O) groups is 1. The Hall–Kier alpha value is -3.73. The average Bonchev–Trinajstić information content (AvgIpc) is 2.70. The summed E-state index contributed by atoms with van der Waals surface area (Å²) in [6.07, 6.45) is 0. The zero-order chi connectivity index (χ0) is 20.7. The first-order valence-electron chi connectivity index (χ1n) is 8.32. The smallest absolute Gasteiger partial charge is 0.286 e. The van der Waals surface area contributed by atoms with Crippen LogP contribution in [0.25, 0.3) is 0 Å². The van der Waals surface area contributed by atoms with Crippen LogP contribution in [-0.4, -0.2) is 45.7 Å². The van der Waals surface area contributed by atoms with Gasteiger partial charge in [-0.25, -0.2) is 0 Å². The predicted octanol–water partition coefficient (Wildman–Crippen LogP) is 2.46. The van der Waals surface area contributed by atoms with Crippen molar-refractivity contribution < 1.29 is 19.2 Å². The van der Waals surface area contributed by atoms with Crippen LogP contribution in [0.2, 0.25) is 0 Å². The van der Waals surface area contributed by atoms with E-state index in [4.69, 9.17) is 9.47 Å². The van der Waals surface area contributed by atoms with E-state index in [1.54, 1.807) is 0 Å². The van der Waals surface area contributed by atoms with E-state index >= 15 is 0 Å². The highest BCUT2D eigenvalue weighted by molar-refractivity contribution is 5.99. The Labute approximate surface area is 163 Å². The Morgan fingerprint density at radius 2 is 1.75 bits per heavy atom. The highest BCUT2D eigenvalue weighted by Crippen LogP contribution is 2.34. The molecule has 0 heterocycles. The van der Waals surface area contributed by atoms with Gasteiger partial charge in [0, 0.05) is 31.4 Å². The number of methoxy groups -OCH3 is 2. The molecule has 2 aromatic rings. The average molecular weight is 383 g/mol. The fraction of sp³-hybridized carbons (Fsp3) is 0.250. The number of ether oxygens (including phenoxy) is 2. The van der Waals surface area contributed by atoms with E-state index in [1.807, 2.05) is 43.3 Å². The number of carbonyl (C=O) groups excluding carboxylic acids is 1. The van der Waals surface area contributed by atoms with Gasteiger partial charge in [-0.1, -0.05) is 11.8 Å². The second-order valence-electron chi connectivity index (χ2n) is 5.91. The molecular formula is C20H21N3O5. The third-order valence-corrected chi connectivity index (χ3v) is 3.90. The number of nitro groups is 1. The Kier molecular flexibility index (Phi) is 6.82. The number of rotatable bonds is 6. The van der Waals surface area contributed by atoms with Crippen LogP contribution in [0.3, 0.4) is 0 Å². The summed E-state index contributed by atoms with van der Waals surface area (Å²) >= 11 is 0. The van der Waals surface area contributed by atoms with Gasteiger partial charge in [0.1, 0.15) is 5.56 Å². The molecule has 0 fully saturated rings. The lowest BCUT2D eigenvalue weighted by Crippen LogP contribution is -2.24. The third-order valence-electron chi connectivity index (χ3n) is 3.90. The van der Waals surface area contributed by atoms with Crippen LogP contribution in [0.15, 0.2) is 36.4 Å². The van der Waals surface area contributed by atoms with E-state index in [0.717, 1.165) is 17.3 Å². The Morgan fingerprint density at radius 3 is 2.29 bits per heavy atom. The van der Waals surface area contributed by atoms with E-state index < -0.39 is 10.8 Å². The van der Waals surface area contributed by atoms with E-state index in [1.165, 1.54) is 20.3 Å². The molecule has 2 aromatic carbocycles. The molecule has 8 heteroatoms. The van der Waals surface area contributed by atoms with Crippen LogP contribution in [-0.2, 0) is 0 Å². The van der Waals surface area contributed by atoms with Crippen molar-refractivity contribution in [3.63, 3.8) is 0 Å². The normalized spacial score (nSPS) is 9.71. The van der Waals surface area contributed by atoms with Gasteiger partial charge in [-0.2, -0.15) is 0 Å². The predicted molar refractivity (Wildman–Crippen MR) is 106 cm³/mol. The first kappa shape index (κ1) is 20.6. The van der Waals surface area contributed by atoms with Crippen molar-refractivity contribution in [2.24, 2.45) is 0 Å². The minimum atomic E-state index is -0.644. The molecule has 0 bridgehead atoms. The van der Waals surface area contributed by atoms with Crippen LogP contribution in [0, 0.1) is 22.0 Å². The van der Waals surface area contributed by atoms with Crippen molar-refractivity contribution in [3.8, 4) is 23.3 Å². The molecule has 0 aliphatic heterocycles. The van der Waals surface area contributed by atoms with E-state index in [-0.39, 0.29) is 29.3 Å². The lowest BCUT2D eigenvalue weighted by atomic mass is 10.1. The molecule has 0 radical (unpaired) electrons. The summed E-state index contributed by atoms with van der Waals surface area (Å²) in [5.74, 6) is 5.54. The quantitative estimate of drug-likeness (QED) is 0.468. The van der Waals surface area contributed by atoms with Gasteiger partial charge in [-0.15, -0.1) is 0 Å². The summed E-state index contributed by atoms with van der Waals surface area (Å²) in [5, 5.41) is 13.8. The lowest BCUT2D eigenvalue weighted by molar-refractivity contribution is -0.385. The summed E-state index contributed by atoms with van der Waals surface area (Å²) in [7, 11) is 6.65. The Morgan fingerprint density at radius 1 is 1.14 bits per heavy atom. The molecule has 146 valence electrons. The zero-order valence-corrected chi connectivity index (χ0v) is 16.1. The number of amides is 1. The van der Waals surface area contributed by atoms with Crippen molar-refractivity contribution in [1.29, 1.82) is 0 Å². The SMILES string of the molecule is COc1cc(C(=O)NCC#Cc2ccc(N(C)C)cc2)c([N+](=O)[O-])cc1OC. The molecule has 0 saturated heterocycles. The summed E-state index contributed by atoms with van der Waals surface area (Å²) in [6, 6.07) is 10.1. The zero-order valence-electron chi connectivity index (χ0n) is 16.1. The van der Waals surface area contributed by atoms with Crippen molar-refractivity contribution in [1.82, 2.24) is 5.32 Å². The largest absolute Gasteiger partial charge is 0.493 e. The molecule has 0 spiro atoms. The Bertz CT molecular complexity index is 927. The standard InChI is InChI=1S/C20H21N3O5/c1-22(2)15-9-7-14(8-10-15)6-5-11-21-20(24)16-12-18(27-3)19(28-4)13-17(16)23(25)26/h7-10,12-13H,11H2,1-4H3,(H,21,24). The fourth-order valence-corrected chi connectivity index (χ4v) is 2.41. The van der Waals surface area contributed by atoms with Crippen molar-refractivity contribution in [2.75, 3.05) is 39.8 Å². The summed E-state index contributed by atoms with van der Waals surface area (Å²) < 4.78 is 10.2. The number of anilines is 1. The topological polar surface area (TPSA) is 93.9 Å². The van der Waals surface area contributed by atoms with E-state index in [9.17, 15) is 14.9 Å². The minimum Gasteiger partial charge on any atom is -0.493 e. The van der Waals surface area contributed by atoms with Gasteiger partial charge in [0.15, 0.2) is 11.5 Å². The summed E-state index contributed by atoms with van der Waals surface area (Å²) in [5.41, 5.74) is 1.36. The van der Waals surface area contributed by atoms with Gasteiger partial charge in [0.05, 0.1) is 31.8 Å². The number of nitrogens with zero attached hydrogens (tertiary/aromatic N) is 2. The molecule has 0 saturated carbocycles. The van der Waals surface area contributed by atoms with Gasteiger partial charge in [-0.05, 0) is 24.3 Å². The number of nitrogens with one attached hydrogen (secondary N) is 1. The highest BCUT2D eigenvalue weighted by atomic mass is 16.6. The van der Waals surface area contributed by atoms with Gasteiger partial charge < -0.3 is 19.7 Å². The van der Waals surface area contributed by atoms with E-state index in [0.29, 0.717) is 0 Å². The second-order valence-corrected chi connectivity index (χ2v) is 5.91. The molecule has 0 atom stereocenters. The molecule has 1 amide bonds. The molecule has 28 heavy (non-hydrogen) atoms. The van der Waals surface area contributed by atoms with Crippen LogP contribution < -0.4 is 19.7 Å². The molecular weight excluding hydrogens is 362 g/mol. The fourth-order valence-electron chi connectivity index (χ4n) is 2.41. The molecule has 0 unspecified atom stereocenters. The molecule has 0 aliphatic rings. The number of hydrogen-bond acceptors (Lipinski definition) is 6. The van der Waals surface area contributed by atoms with Crippen molar-refractivity contribution >= 4 is 17.3 Å². The Balaban J connectivity index is 2.12. The summed E-state index contributed by atoms with van der Waals surface area (Å²) in [6.45, 7) is 0.0414. The first-order valence-corrected chi connectivity index (χ1v) is 8.32. The number of hydrogen-bond donors (Lipinski definition) is 1. The second kappa shape index (κ2) is 9.28. The van der Waals surface area contributed by atoms with Crippen LogP contribution in [0.1, 0.15) is 15.9 Å². The number of benzene rings is 2. The van der Waals surface area contributed by atoms with Crippen LogP contribution >= 0.6 is 0 Å². The molecule has 0 aliphatic carbocycles. The molecule has 2 rings (SSSR count). The number of nitro benzene ring substituents is 1. The lowest BCUT2D eigenvalue weighted by Gasteiger charge is -2.11. The molecule has 8 nitrogen and oxygen atoms in total. The van der Waals surface area contributed by atoms with Gasteiger partial charge in [0.2, 0.25) is 0 Å². The van der Waals surface area contributed by atoms with Gasteiger partial charge >= 0.3 is 0 Å². The maximum absolute atomic E-state index is 12.4. The van der Waals surface area contributed by atoms with E-state index in [2.05, 4.69) is 17.2 Å². The van der Waals surface area contributed by atoms with Crippen LogP contribution in [0.5, 0.6) is 11.5 Å². The first-order chi connectivity index (χ1) is 13.4. The summed E-state index contributed by atoms with van der Waals surface area (Å²) in [4.78, 5) is 25.0. The maximum atomic E-state index is 12.4. The van der Waals surface area contributed by atoms with Crippen molar-refractivity contribution in [3.05, 3.63) is 57.6 Å². The highest BCUT2D eigenvalue weighted by Gasteiger charge is 2.24. The van der Waals surface area contributed by atoms with Gasteiger partial charge in [0.25, 0.3) is 11.6 Å². The third kappa shape index (κ3) is 4.92. The monoisotopic (exact) mass is 383 g/mol. The van der Waals surface area contributed by atoms with Crippen molar-refractivity contribution in [2.45, 2.75) is 0 Å². The molecule has 1 N–H and O–H groups in total. The maximum Gasteiger partial charge on any atom is 0.286 e. The minimum absolute atomic E-state index is 0.0414.